The van der Waals surface area contributed by atoms with Crippen molar-refractivity contribution in [1.29, 1.82) is 0 Å². The summed E-state index contributed by atoms with van der Waals surface area (Å²) in [6.07, 6.45) is 1.15. The van der Waals surface area contributed by atoms with Crippen molar-refractivity contribution < 1.29 is 14.2 Å². The normalized spacial score (nSPS) is 30.3. The van der Waals surface area contributed by atoms with E-state index >= 15 is 0 Å². The lowest BCUT2D eigenvalue weighted by molar-refractivity contribution is 0.184. The van der Waals surface area contributed by atoms with Crippen LogP contribution >= 0.6 is 0 Å². The molecule has 1 N–H and O–H groups in total. The van der Waals surface area contributed by atoms with E-state index in [-0.39, 0.29) is 23.6 Å². The number of hydrogen-bond donors (Lipinski definition) is 1. The molecular formula is C14H18FNO2. The third-order valence-corrected chi connectivity index (χ3v) is 4.31. The Balaban J connectivity index is 1.66. The second-order valence-corrected chi connectivity index (χ2v) is 5.56. The fourth-order valence-electron chi connectivity index (χ4n) is 3.14. The molecule has 2 aliphatic rings. The van der Waals surface area contributed by atoms with Crippen molar-refractivity contribution in [2.75, 3.05) is 26.8 Å². The molecule has 98 valence electrons. The fourth-order valence-corrected chi connectivity index (χ4v) is 3.14. The van der Waals surface area contributed by atoms with Crippen LogP contribution in [0.4, 0.5) is 4.39 Å². The maximum absolute atomic E-state index is 13.6. The zero-order chi connectivity index (χ0) is 12.8. The minimum absolute atomic E-state index is 0.158. The summed E-state index contributed by atoms with van der Waals surface area (Å²) in [5.41, 5.74) is 1.12. The van der Waals surface area contributed by atoms with Gasteiger partial charge < -0.3 is 9.84 Å². The van der Waals surface area contributed by atoms with Gasteiger partial charge in [0.1, 0.15) is 0 Å². The van der Waals surface area contributed by atoms with E-state index in [2.05, 4.69) is 4.90 Å². The largest absolute Gasteiger partial charge is 0.494 e. The van der Waals surface area contributed by atoms with Crippen molar-refractivity contribution in [3.05, 3.63) is 29.6 Å². The van der Waals surface area contributed by atoms with Crippen LogP contribution in [0.1, 0.15) is 12.0 Å². The summed E-state index contributed by atoms with van der Waals surface area (Å²) in [5, 5.41) is 9.36. The molecule has 0 bridgehead atoms. The Morgan fingerprint density at radius 2 is 2.39 bits per heavy atom. The van der Waals surface area contributed by atoms with Crippen LogP contribution in [0.25, 0.3) is 0 Å². The van der Waals surface area contributed by atoms with Gasteiger partial charge in [-0.25, -0.2) is 4.39 Å². The number of hydrogen-bond acceptors (Lipinski definition) is 3. The van der Waals surface area contributed by atoms with Crippen LogP contribution in [0.3, 0.4) is 0 Å². The highest BCUT2D eigenvalue weighted by atomic mass is 19.1. The molecule has 3 rings (SSSR count). The van der Waals surface area contributed by atoms with Gasteiger partial charge in [0, 0.05) is 25.0 Å². The second-order valence-electron chi connectivity index (χ2n) is 5.56. The third kappa shape index (κ3) is 1.89. The van der Waals surface area contributed by atoms with Crippen molar-refractivity contribution in [2.24, 2.45) is 11.3 Å². The summed E-state index contributed by atoms with van der Waals surface area (Å²) < 4.78 is 18.5. The summed E-state index contributed by atoms with van der Waals surface area (Å²) in [5.74, 6) is 0.622. The molecule has 1 aromatic carbocycles. The smallest absolute Gasteiger partial charge is 0.165 e. The van der Waals surface area contributed by atoms with E-state index in [9.17, 15) is 9.50 Å². The number of fused-ring (bicyclic) bond motifs is 1. The Morgan fingerprint density at radius 3 is 3.00 bits per heavy atom. The molecule has 1 saturated carbocycles. The number of methoxy groups -OCH3 is 1. The van der Waals surface area contributed by atoms with Crippen LogP contribution in [0.5, 0.6) is 5.75 Å². The van der Waals surface area contributed by atoms with Gasteiger partial charge in [0.05, 0.1) is 13.7 Å². The Hall–Kier alpha value is -1.13. The lowest BCUT2D eigenvalue weighted by atomic mass is 10.1. The SMILES string of the molecule is COc1ccc(CN2CC3CC3(CO)C2)cc1F. The quantitative estimate of drug-likeness (QED) is 0.883. The van der Waals surface area contributed by atoms with Gasteiger partial charge in [-0.1, -0.05) is 6.07 Å². The molecular weight excluding hydrogens is 233 g/mol. The number of rotatable bonds is 4. The molecule has 1 heterocycles. The Bertz CT molecular complexity index is 461. The molecule has 1 aliphatic heterocycles. The van der Waals surface area contributed by atoms with E-state index < -0.39 is 0 Å². The van der Waals surface area contributed by atoms with Crippen LogP contribution in [0, 0.1) is 17.2 Å². The Morgan fingerprint density at radius 1 is 1.56 bits per heavy atom. The van der Waals surface area contributed by atoms with Crippen molar-refractivity contribution >= 4 is 0 Å². The van der Waals surface area contributed by atoms with Crippen molar-refractivity contribution in [3.63, 3.8) is 0 Å². The first-order valence-corrected chi connectivity index (χ1v) is 6.32. The highest BCUT2D eigenvalue weighted by molar-refractivity contribution is 5.29. The number of piperidine rings is 1. The maximum Gasteiger partial charge on any atom is 0.165 e. The molecule has 1 aromatic rings. The van der Waals surface area contributed by atoms with Gasteiger partial charge in [-0.3, -0.25) is 4.90 Å². The van der Waals surface area contributed by atoms with E-state index in [0.717, 1.165) is 31.6 Å². The number of nitrogens with zero attached hydrogens (tertiary/aromatic N) is 1. The van der Waals surface area contributed by atoms with Crippen LogP contribution in [0.2, 0.25) is 0 Å². The molecule has 0 aromatic heterocycles. The van der Waals surface area contributed by atoms with E-state index in [4.69, 9.17) is 4.74 Å². The van der Waals surface area contributed by atoms with E-state index in [1.54, 1.807) is 6.07 Å². The van der Waals surface area contributed by atoms with Crippen LogP contribution in [-0.2, 0) is 6.54 Å². The zero-order valence-corrected chi connectivity index (χ0v) is 10.5. The highest BCUT2D eigenvalue weighted by Crippen LogP contribution is 2.57. The number of aliphatic hydroxyl groups is 1. The van der Waals surface area contributed by atoms with Gasteiger partial charge >= 0.3 is 0 Å². The van der Waals surface area contributed by atoms with Gasteiger partial charge in [0.15, 0.2) is 11.6 Å². The van der Waals surface area contributed by atoms with Gasteiger partial charge in [0.2, 0.25) is 0 Å². The lowest BCUT2D eigenvalue weighted by Crippen LogP contribution is -2.25. The zero-order valence-electron chi connectivity index (χ0n) is 10.5. The fraction of sp³-hybridized carbons (Fsp3) is 0.571. The average Bonchev–Trinajstić information content (AvgIpc) is 2.93. The summed E-state index contributed by atoms with van der Waals surface area (Å²) in [6, 6.07) is 5.11. The van der Waals surface area contributed by atoms with Crippen molar-refractivity contribution in [1.82, 2.24) is 4.90 Å². The first-order valence-electron chi connectivity index (χ1n) is 6.32. The van der Waals surface area contributed by atoms with E-state index in [1.807, 2.05) is 6.07 Å². The molecule has 4 heteroatoms. The molecule has 2 fully saturated rings. The molecule has 2 unspecified atom stereocenters. The molecule has 2 atom stereocenters. The minimum Gasteiger partial charge on any atom is -0.494 e. The Labute approximate surface area is 106 Å². The molecule has 1 aliphatic carbocycles. The van der Waals surface area contributed by atoms with Gasteiger partial charge in [0.25, 0.3) is 0 Å². The minimum atomic E-state index is -0.309. The molecule has 0 amide bonds. The third-order valence-electron chi connectivity index (χ3n) is 4.31. The molecule has 18 heavy (non-hydrogen) atoms. The Kier molecular flexibility index (Phi) is 2.79. The average molecular weight is 251 g/mol. The van der Waals surface area contributed by atoms with E-state index in [0.29, 0.717) is 5.92 Å². The number of aliphatic hydroxyl groups excluding tert-OH is 1. The van der Waals surface area contributed by atoms with Crippen molar-refractivity contribution in [3.8, 4) is 5.75 Å². The van der Waals surface area contributed by atoms with Crippen LogP contribution < -0.4 is 4.74 Å². The number of likely N-dealkylation sites (tertiary alicyclic amines) is 1. The number of ether oxygens (including phenoxy) is 1. The number of benzene rings is 1. The first kappa shape index (κ1) is 11.9. The molecule has 0 spiro atoms. The summed E-state index contributed by atoms with van der Waals surface area (Å²) in [4.78, 5) is 2.30. The van der Waals surface area contributed by atoms with Crippen LogP contribution in [0.15, 0.2) is 18.2 Å². The standard InChI is InChI=1S/C14H18FNO2/c1-18-13-3-2-10(4-12(13)15)6-16-7-11-5-14(11,8-16)9-17/h2-4,11,17H,5-9H2,1H3. The predicted octanol–water partition coefficient (Wildman–Crippen LogP) is 1.65. The molecule has 1 saturated heterocycles. The first-order chi connectivity index (χ1) is 8.66. The lowest BCUT2D eigenvalue weighted by Gasteiger charge is -2.20. The van der Waals surface area contributed by atoms with Gasteiger partial charge in [-0.05, 0) is 30.0 Å². The van der Waals surface area contributed by atoms with Crippen molar-refractivity contribution in [2.45, 2.75) is 13.0 Å². The predicted molar refractivity (Wildman–Crippen MR) is 65.9 cm³/mol. The molecule has 0 radical (unpaired) electrons. The topological polar surface area (TPSA) is 32.7 Å². The molecule has 3 nitrogen and oxygen atoms in total. The summed E-state index contributed by atoms with van der Waals surface area (Å²) in [7, 11) is 1.47. The summed E-state index contributed by atoms with van der Waals surface area (Å²) in [6.45, 7) is 2.99. The van der Waals surface area contributed by atoms with Gasteiger partial charge in [-0.15, -0.1) is 0 Å². The second kappa shape index (κ2) is 4.21. The van der Waals surface area contributed by atoms with Crippen LogP contribution in [-0.4, -0.2) is 36.8 Å². The highest BCUT2D eigenvalue weighted by Gasteiger charge is 2.59. The summed E-state index contributed by atoms with van der Waals surface area (Å²) >= 11 is 0. The number of halogens is 1. The van der Waals surface area contributed by atoms with Gasteiger partial charge in [-0.2, -0.15) is 0 Å². The van der Waals surface area contributed by atoms with E-state index in [1.165, 1.54) is 13.2 Å². The monoisotopic (exact) mass is 251 g/mol. The maximum atomic E-state index is 13.6.